The van der Waals surface area contributed by atoms with Crippen molar-refractivity contribution >= 4 is 35.1 Å². The number of pyridine rings is 1. The molecule has 0 saturated carbocycles. The van der Waals surface area contributed by atoms with Crippen molar-refractivity contribution in [3.8, 4) is 0 Å². The first-order valence-electron chi connectivity index (χ1n) is 4.93. The van der Waals surface area contributed by atoms with Gasteiger partial charge in [-0.25, -0.2) is 9.78 Å². The number of aromatic nitrogens is 1. The molecule has 0 radical (unpaired) electrons. The van der Waals surface area contributed by atoms with E-state index in [4.69, 9.17) is 28.3 Å². The Morgan fingerprint density at radius 3 is 2.05 bits per heavy atom. The zero-order valence-corrected chi connectivity index (χ0v) is 11.3. The molecule has 2 N–H and O–H groups in total. The second-order valence-electron chi connectivity index (χ2n) is 3.88. The molecule has 0 aliphatic heterocycles. The predicted octanol–water partition coefficient (Wildman–Crippen LogP) is 2.52. The molecule has 0 aliphatic rings. The van der Waals surface area contributed by atoms with Gasteiger partial charge in [0.2, 0.25) is 5.54 Å². The van der Waals surface area contributed by atoms with Gasteiger partial charge in [0, 0.05) is 5.56 Å². The molecule has 1 rings (SSSR count). The Balaban J connectivity index is 3.13. The molecular weight excluding hydrogens is 324 g/mol. The van der Waals surface area contributed by atoms with Gasteiger partial charge in [0.25, 0.3) is 5.91 Å². The number of hydrogen-bond donors (Lipinski definition) is 2. The van der Waals surface area contributed by atoms with Crippen LogP contribution in [0.2, 0.25) is 10.3 Å². The van der Waals surface area contributed by atoms with E-state index in [-0.39, 0.29) is 15.9 Å². The lowest BCUT2D eigenvalue weighted by Crippen LogP contribution is -2.61. The van der Waals surface area contributed by atoms with Gasteiger partial charge < -0.3 is 10.4 Å². The van der Waals surface area contributed by atoms with Gasteiger partial charge in [0.1, 0.15) is 10.3 Å². The van der Waals surface area contributed by atoms with E-state index >= 15 is 0 Å². The predicted molar refractivity (Wildman–Crippen MR) is 63.8 cm³/mol. The molecule has 5 nitrogen and oxygen atoms in total. The number of carbonyl (C=O) groups is 2. The average molecular weight is 331 g/mol. The van der Waals surface area contributed by atoms with Gasteiger partial charge in [0.05, 0.1) is 0 Å². The summed E-state index contributed by atoms with van der Waals surface area (Å²) in [6.45, 7) is 0.331. The van der Waals surface area contributed by atoms with Gasteiger partial charge in [-0.15, -0.1) is 0 Å². The molecule has 0 fully saturated rings. The molecule has 1 aromatic heterocycles. The van der Waals surface area contributed by atoms with Gasteiger partial charge >= 0.3 is 12.1 Å². The maximum atomic E-state index is 12.7. The summed E-state index contributed by atoms with van der Waals surface area (Å²) in [5.41, 5.74) is -3.78. The lowest BCUT2D eigenvalue weighted by atomic mass is 10.0. The van der Waals surface area contributed by atoms with Crippen LogP contribution in [0.15, 0.2) is 12.1 Å². The van der Waals surface area contributed by atoms with Gasteiger partial charge in [-0.1, -0.05) is 23.2 Å². The third-order valence-corrected chi connectivity index (χ3v) is 2.77. The third kappa shape index (κ3) is 3.31. The van der Waals surface area contributed by atoms with Crippen LogP contribution in [0.25, 0.3) is 0 Å². The minimum Gasteiger partial charge on any atom is -0.479 e. The Kier molecular flexibility index (Phi) is 4.50. The molecular formula is C10H7Cl2F3N2O3. The van der Waals surface area contributed by atoms with E-state index in [0.29, 0.717) is 6.92 Å². The standard InChI is InChI=1S/C10H7Cl2F3N2O3/c1-9(8(19)20,10(13,14)15)17-7(18)4-2-5(11)16-6(12)3-4/h2-3H,1H3,(H,17,18)(H,19,20). The molecule has 1 atom stereocenters. The molecule has 110 valence electrons. The molecule has 0 aliphatic carbocycles. The van der Waals surface area contributed by atoms with Gasteiger partial charge in [-0.3, -0.25) is 4.79 Å². The molecule has 20 heavy (non-hydrogen) atoms. The van der Waals surface area contributed by atoms with Gasteiger partial charge in [-0.2, -0.15) is 13.2 Å². The van der Waals surface area contributed by atoms with Crippen LogP contribution in [-0.4, -0.2) is 33.7 Å². The fraction of sp³-hybridized carbons (Fsp3) is 0.300. The van der Waals surface area contributed by atoms with Crippen molar-refractivity contribution in [3.05, 3.63) is 28.0 Å². The molecule has 0 aromatic carbocycles. The highest BCUT2D eigenvalue weighted by Gasteiger charge is 2.58. The highest BCUT2D eigenvalue weighted by molar-refractivity contribution is 6.33. The summed E-state index contributed by atoms with van der Waals surface area (Å²) in [4.78, 5) is 26.0. The fourth-order valence-corrected chi connectivity index (χ4v) is 1.60. The van der Waals surface area contributed by atoms with Crippen LogP contribution in [-0.2, 0) is 4.79 Å². The summed E-state index contributed by atoms with van der Waals surface area (Å²) in [6.07, 6.45) is -5.19. The number of carboxylic acids is 1. The number of alkyl halides is 3. The number of nitrogens with zero attached hydrogens (tertiary/aromatic N) is 1. The van der Waals surface area contributed by atoms with Crippen LogP contribution in [0.4, 0.5) is 13.2 Å². The Labute approximate surface area is 120 Å². The number of halogens is 5. The minimum atomic E-state index is -5.19. The van der Waals surface area contributed by atoms with E-state index in [0.717, 1.165) is 12.1 Å². The zero-order valence-electron chi connectivity index (χ0n) is 9.76. The van der Waals surface area contributed by atoms with Crippen LogP contribution in [0.5, 0.6) is 0 Å². The number of rotatable bonds is 3. The third-order valence-electron chi connectivity index (χ3n) is 2.38. The Morgan fingerprint density at radius 1 is 1.25 bits per heavy atom. The largest absolute Gasteiger partial charge is 0.479 e. The molecule has 0 saturated heterocycles. The molecule has 10 heteroatoms. The molecule has 1 amide bonds. The zero-order chi connectivity index (χ0) is 15.7. The first-order valence-corrected chi connectivity index (χ1v) is 5.68. The summed E-state index contributed by atoms with van der Waals surface area (Å²) in [6, 6.07) is 1.92. The molecule has 0 bridgehead atoms. The number of nitrogens with one attached hydrogen (secondary N) is 1. The quantitative estimate of drug-likeness (QED) is 0.834. The lowest BCUT2D eigenvalue weighted by Gasteiger charge is -2.28. The van der Waals surface area contributed by atoms with E-state index in [1.807, 2.05) is 0 Å². The van der Waals surface area contributed by atoms with Crippen molar-refractivity contribution in [1.82, 2.24) is 10.3 Å². The smallest absolute Gasteiger partial charge is 0.422 e. The highest BCUT2D eigenvalue weighted by atomic mass is 35.5. The van der Waals surface area contributed by atoms with Crippen LogP contribution >= 0.6 is 23.2 Å². The fourth-order valence-electron chi connectivity index (χ4n) is 1.14. The van der Waals surface area contributed by atoms with E-state index in [2.05, 4.69) is 4.98 Å². The Morgan fingerprint density at radius 2 is 1.70 bits per heavy atom. The summed E-state index contributed by atoms with van der Waals surface area (Å²) < 4.78 is 38.2. The Hall–Kier alpha value is -1.54. The number of hydrogen-bond acceptors (Lipinski definition) is 3. The van der Waals surface area contributed by atoms with Crippen LogP contribution < -0.4 is 5.32 Å². The maximum absolute atomic E-state index is 12.7. The minimum absolute atomic E-state index is 0.216. The van der Waals surface area contributed by atoms with Crippen LogP contribution in [0.1, 0.15) is 17.3 Å². The summed E-state index contributed by atoms with van der Waals surface area (Å²) in [7, 11) is 0. The first-order chi connectivity index (χ1) is 8.97. The van der Waals surface area contributed by atoms with Crippen LogP contribution in [0.3, 0.4) is 0 Å². The SMILES string of the molecule is CC(NC(=O)c1cc(Cl)nc(Cl)c1)(C(=O)O)C(F)(F)F. The monoisotopic (exact) mass is 330 g/mol. The lowest BCUT2D eigenvalue weighted by molar-refractivity contribution is -0.203. The van der Waals surface area contributed by atoms with Crippen LogP contribution in [0, 0.1) is 0 Å². The summed E-state index contributed by atoms with van der Waals surface area (Å²) >= 11 is 11.0. The summed E-state index contributed by atoms with van der Waals surface area (Å²) in [5.74, 6) is -3.54. The van der Waals surface area contributed by atoms with Crippen molar-refractivity contribution < 1.29 is 27.9 Å². The van der Waals surface area contributed by atoms with E-state index < -0.39 is 23.6 Å². The van der Waals surface area contributed by atoms with Crippen molar-refractivity contribution in [1.29, 1.82) is 0 Å². The Bertz CT molecular complexity index is 545. The second-order valence-corrected chi connectivity index (χ2v) is 4.66. The van der Waals surface area contributed by atoms with E-state index in [9.17, 15) is 22.8 Å². The van der Waals surface area contributed by atoms with Crippen molar-refractivity contribution in [3.63, 3.8) is 0 Å². The maximum Gasteiger partial charge on any atom is 0.422 e. The number of amides is 1. The van der Waals surface area contributed by atoms with Crippen molar-refractivity contribution in [2.75, 3.05) is 0 Å². The number of carbonyl (C=O) groups excluding carboxylic acids is 1. The molecule has 1 heterocycles. The van der Waals surface area contributed by atoms with E-state index in [1.54, 1.807) is 0 Å². The van der Waals surface area contributed by atoms with E-state index in [1.165, 1.54) is 5.32 Å². The number of aliphatic carboxylic acids is 1. The second kappa shape index (κ2) is 5.45. The van der Waals surface area contributed by atoms with Gasteiger partial charge in [-0.05, 0) is 19.1 Å². The topological polar surface area (TPSA) is 79.3 Å². The van der Waals surface area contributed by atoms with Crippen molar-refractivity contribution in [2.24, 2.45) is 0 Å². The normalized spacial score (nSPS) is 14.5. The first kappa shape index (κ1) is 16.5. The average Bonchev–Trinajstić information content (AvgIpc) is 2.25. The summed E-state index contributed by atoms with van der Waals surface area (Å²) in [5, 5.41) is 9.64. The molecule has 1 unspecified atom stereocenters. The molecule has 1 aromatic rings. The number of carboxylic acid groups (broad SMARTS) is 1. The van der Waals surface area contributed by atoms with Gasteiger partial charge in [0.15, 0.2) is 0 Å². The highest BCUT2D eigenvalue weighted by Crippen LogP contribution is 2.31. The molecule has 0 spiro atoms. The van der Waals surface area contributed by atoms with Crippen molar-refractivity contribution in [2.45, 2.75) is 18.6 Å².